The molecule has 2 aromatic carbocycles. The van der Waals surface area contributed by atoms with E-state index in [2.05, 4.69) is 5.32 Å². The molecule has 0 aliphatic carbocycles. The first-order valence-electron chi connectivity index (χ1n) is 6.17. The molecule has 106 valence electrons. The third kappa shape index (κ3) is 2.24. The number of ketones is 1. The zero-order valence-corrected chi connectivity index (χ0v) is 10.7. The van der Waals surface area contributed by atoms with Gasteiger partial charge in [-0.2, -0.15) is 0 Å². The molecule has 0 saturated carbocycles. The second-order valence-electron chi connectivity index (χ2n) is 4.78. The van der Waals surface area contributed by atoms with Crippen molar-refractivity contribution < 1.29 is 18.4 Å². The Morgan fingerprint density at radius 2 is 1.90 bits per heavy atom. The lowest BCUT2D eigenvalue weighted by Crippen LogP contribution is -2.07. The lowest BCUT2D eigenvalue weighted by molar-refractivity contribution is -0.115. The standard InChI is InChI=1S/C15H10F2N2O2/c16-10-6-11(17)12(18)5-9(10)15(21)7-1-2-13-8(3-7)4-14(20)19-13/h1-3,5-6H,4,18H2,(H,19,20). The van der Waals surface area contributed by atoms with E-state index in [0.29, 0.717) is 17.3 Å². The fourth-order valence-electron chi connectivity index (χ4n) is 2.27. The maximum absolute atomic E-state index is 13.7. The van der Waals surface area contributed by atoms with Crippen LogP contribution in [0, 0.1) is 11.6 Å². The van der Waals surface area contributed by atoms with Gasteiger partial charge in [0.15, 0.2) is 5.78 Å². The van der Waals surface area contributed by atoms with Crippen molar-refractivity contribution in [3.63, 3.8) is 0 Å². The van der Waals surface area contributed by atoms with E-state index in [1.165, 1.54) is 12.1 Å². The molecule has 0 saturated heterocycles. The van der Waals surface area contributed by atoms with E-state index in [-0.39, 0.29) is 29.1 Å². The molecule has 21 heavy (non-hydrogen) atoms. The summed E-state index contributed by atoms with van der Waals surface area (Å²) >= 11 is 0. The highest BCUT2D eigenvalue weighted by atomic mass is 19.1. The van der Waals surface area contributed by atoms with Gasteiger partial charge in [0.1, 0.15) is 11.6 Å². The average Bonchev–Trinajstić information content (AvgIpc) is 2.81. The second kappa shape index (κ2) is 4.66. The van der Waals surface area contributed by atoms with Gasteiger partial charge < -0.3 is 11.1 Å². The first kappa shape index (κ1) is 13.2. The summed E-state index contributed by atoms with van der Waals surface area (Å²) in [6.45, 7) is 0. The summed E-state index contributed by atoms with van der Waals surface area (Å²) in [4.78, 5) is 23.6. The highest BCUT2D eigenvalue weighted by Gasteiger charge is 2.21. The third-order valence-corrected chi connectivity index (χ3v) is 3.32. The molecule has 0 atom stereocenters. The predicted molar refractivity (Wildman–Crippen MR) is 73.0 cm³/mol. The third-order valence-electron chi connectivity index (χ3n) is 3.32. The minimum absolute atomic E-state index is 0.160. The van der Waals surface area contributed by atoms with Gasteiger partial charge in [-0.1, -0.05) is 0 Å². The van der Waals surface area contributed by atoms with E-state index in [0.717, 1.165) is 6.07 Å². The Kier molecular flexibility index (Phi) is 2.94. The van der Waals surface area contributed by atoms with E-state index < -0.39 is 17.4 Å². The number of nitrogen functional groups attached to an aromatic ring is 1. The molecule has 0 radical (unpaired) electrons. The number of anilines is 2. The lowest BCUT2D eigenvalue weighted by Gasteiger charge is -2.06. The number of benzene rings is 2. The van der Waals surface area contributed by atoms with Crippen molar-refractivity contribution in [2.45, 2.75) is 6.42 Å². The number of nitrogens with one attached hydrogen (secondary N) is 1. The van der Waals surface area contributed by atoms with Crippen molar-refractivity contribution in [2.24, 2.45) is 0 Å². The van der Waals surface area contributed by atoms with E-state index in [1.54, 1.807) is 6.07 Å². The summed E-state index contributed by atoms with van der Waals surface area (Å²) in [5.74, 6) is -2.65. The molecule has 0 aromatic heterocycles. The number of nitrogens with two attached hydrogens (primary N) is 1. The van der Waals surface area contributed by atoms with E-state index in [9.17, 15) is 18.4 Å². The number of rotatable bonds is 2. The van der Waals surface area contributed by atoms with Crippen molar-refractivity contribution >= 4 is 23.1 Å². The smallest absolute Gasteiger partial charge is 0.228 e. The van der Waals surface area contributed by atoms with Crippen LogP contribution in [0.4, 0.5) is 20.2 Å². The number of hydrogen-bond donors (Lipinski definition) is 2. The second-order valence-corrected chi connectivity index (χ2v) is 4.78. The zero-order chi connectivity index (χ0) is 15.1. The quantitative estimate of drug-likeness (QED) is 0.657. The topological polar surface area (TPSA) is 72.2 Å². The van der Waals surface area contributed by atoms with Crippen molar-refractivity contribution in [1.29, 1.82) is 0 Å². The molecule has 4 nitrogen and oxygen atoms in total. The summed E-state index contributed by atoms with van der Waals surface area (Å²) < 4.78 is 26.8. The van der Waals surface area contributed by atoms with Crippen LogP contribution in [0.5, 0.6) is 0 Å². The molecule has 0 fully saturated rings. The van der Waals surface area contributed by atoms with Crippen molar-refractivity contribution in [3.05, 3.63) is 58.7 Å². The van der Waals surface area contributed by atoms with E-state index in [1.807, 2.05) is 0 Å². The molecule has 1 aliphatic heterocycles. The average molecular weight is 288 g/mol. The number of fused-ring (bicyclic) bond motifs is 1. The summed E-state index contributed by atoms with van der Waals surface area (Å²) in [6, 6.07) is 6.14. The minimum Gasteiger partial charge on any atom is -0.396 e. The highest BCUT2D eigenvalue weighted by molar-refractivity contribution is 6.10. The van der Waals surface area contributed by atoms with E-state index >= 15 is 0 Å². The van der Waals surface area contributed by atoms with Gasteiger partial charge in [0.05, 0.1) is 17.7 Å². The number of carbonyl (C=O) groups excluding carboxylic acids is 2. The molecular formula is C15H10F2N2O2. The number of halogens is 2. The van der Waals surface area contributed by atoms with Crippen LogP contribution < -0.4 is 11.1 Å². The molecule has 0 spiro atoms. The number of amides is 1. The van der Waals surface area contributed by atoms with Gasteiger partial charge in [-0.3, -0.25) is 9.59 Å². The van der Waals surface area contributed by atoms with Crippen LogP contribution in [0.3, 0.4) is 0 Å². The highest BCUT2D eigenvalue weighted by Crippen LogP contribution is 2.26. The summed E-state index contributed by atoms with van der Waals surface area (Å²) in [7, 11) is 0. The largest absolute Gasteiger partial charge is 0.396 e. The van der Waals surface area contributed by atoms with Gasteiger partial charge >= 0.3 is 0 Å². The first-order valence-corrected chi connectivity index (χ1v) is 6.17. The van der Waals surface area contributed by atoms with Crippen LogP contribution in [-0.2, 0) is 11.2 Å². The van der Waals surface area contributed by atoms with E-state index in [4.69, 9.17) is 5.73 Å². The maximum atomic E-state index is 13.7. The Bertz CT molecular complexity index is 787. The van der Waals surface area contributed by atoms with Crippen LogP contribution in [0.15, 0.2) is 30.3 Å². The van der Waals surface area contributed by atoms with Gasteiger partial charge in [0.2, 0.25) is 5.91 Å². The van der Waals surface area contributed by atoms with Gasteiger partial charge in [-0.25, -0.2) is 8.78 Å². The van der Waals surface area contributed by atoms with Crippen LogP contribution in [-0.4, -0.2) is 11.7 Å². The van der Waals surface area contributed by atoms with Crippen LogP contribution in [0.2, 0.25) is 0 Å². The molecular weight excluding hydrogens is 278 g/mol. The molecule has 6 heteroatoms. The SMILES string of the molecule is Nc1cc(C(=O)c2ccc3c(c2)CC(=O)N3)c(F)cc1F. The molecule has 3 N–H and O–H groups in total. The molecule has 1 heterocycles. The van der Waals surface area contributed by atoms with Crippen molar-refractivity contribution in [1.82, 2.24) is 0 Å². The molecule has 1 amide bonds. The van der Waals surface area contributed by atoms with Gasteiger partial charge in [0.25, 0.3) is 0 Å². The number of hydrogen-bond acceptors (Lipinski definition) is 3. The Morgan fingerprint density at radius 1 is 1.14 bits per heavy atom. The molecule has 2 aromatic rings. The summed E-state index contributed by atoms with van der Waals surface area (Å²) in [6.07, 6.45) is 0.171. The summed E-state index contributed by atoms with van der Waals surface area (Å²) in [5.41, 5.74) is 6.29. The normalized spacial score (nSPS) is 13.0. The molecule has 0 bridgehead atoms. The Morgan fingerprint density at radius 3 is 2.67 bits per heavy atom. The van der Waals surface area contributed by atoms with Crippen molar-refractivity contribution in [2.75, 3.05) is 11.1 Å². The lowest BCUT2D eigenvalue weighted by atomic mass is 9.99. The molecule has 3 rings (SSSR count). The Hall–Kier alpha value is -2.76. The fraction of sp³-hybridized carbons (Fsp3) is 0.0667. The van der Waals surface area contributed by atoms with Crippen molar-refractivity contribution in [3.8, 4) is 0 Å². The summed E-state index contributed by atoms with van der Waals surface area (Å²) in [5, 5.41) is 2.64. The van der Waals surface area contributed by atoms with Gasteiger partial charge in [-0.05, 0) is 29.8 Å². The van der Waals surface area contributed by atoms with Gasteiger partial charge in [0, 0.05) is 17.3 Å². The maximum Gasteiger partial charge on any atom is 0.228 e. The van der Waals surface area contributed by atoms with Crippen LogP contribution in [0.1, 0.15) is 21.5 Å². The number of carbonyl (C=O) groups is 2. The minimum atomic E-state index is -0.971. The monoisotopic (exact) mass is 288 g/mol. The Balaban J connectivity index is 2.02. The molecule has 0 unspecified atom stereocenters. The fourth-order valence-corrected chi connectivity index (χ4v) is 2.27. The van der Waals surface area contributed by atoms with Crippen LogP contribution in [0.25, 0.3) is 0 Å². The first-order chi connectivity index (χ1) is 9.95. The van der Waals surface area contributed by atoms with Gasteiger partial charge in [-0.15, -0.1) is 0 Å². The Labute approximate surface area is 118 Å². The zero-order valence-electron chi connectivity index (χ0n) is 10.7. The molecule has 1 aliphatic rings. The van der Waals surface area contributed by atoms with Crippen LogP contribution >= 0.6 is 0 Å². The predicted octanol–water partition coefficient (Wildman–Crippen LogP) is 2.27.